The monoisotopic (exact) mass is 436 g/mol. The van der Waals surface area contributed by atoms with Crippen molar-refractivity contribution in [3.05, 3.63) is 71.8 Å². The van der Waals surface area contributed by atoms with Crippen LogP contribution in [0.5, 0.6) is 23.0 Å². The highest BCUT2D eigenvalue weighted by molar-refractivity contribution is 6.10. The summed E-state index contributed by atoms with van der Waals surface area (Å²) in [6.45, 7) is 5.06. The number of methoxy groups -OCH3 is 2. The molecular weight excluding hydrogens is 412 g/mol. The molecule has 0 unspecified atom stereocenters. The predicted molar refractivity (Wildman–Crippen MR) is 121 cm³/mol. The Labute approximate surface area is 186 Å². The highest BCUT2D eigenvalue weighted by atomic mass is 16.6. The Hall–Kier alpha value is -4.13. The number of ketones is 2. The summed E-state index contributed by atoms with van der Waals surface area (Å²) in [5, 5.41) is 9.59. The smallest absolute Gasteiger partial charge is 0.338 e. The zero-order chi connectivity index (χ0) is 23.7. The van der Waals surface area contributed by atoms with Crippen molar-refractivity contribution in [2.75, 3.05) is 14.2 Å². The van der Waals surface area contributed by atoms with E-state index in [0.29, 0.717) is 16.9 Å². The van der Waals surface area contributed by atoms with Gasteiger partial charge in [0.1, 0.15) is 0 Å². The first-order valence-corrected chi connectivity index (χ1v) is 9.58. The van der Waals surface area contributed by atoms with Gasteiger partial charge in [0.05, 0.1) is 20.6 Å². The lowest BCUT2D eigenvalue weighted by atomic mass is 10.1. The summed E-state index contributed by atoms with van der Waals surface area (Å²) in [7, 11) is 2.86. The fraction of sp³-hybridized carbons (Fsp3) is 0.160. The van der Waals surface area contributed by atoms with E-state index in [2.05, 4.69) is 6.58 Å². The minimum absolute atomic E-state index is 0.00469. The molecule has 0 spiro atoms. The van der Waals surface area contributed by atoms with Crippen LogP contribution in [0.25, 0.3) is 12.2 Å². The molecule has 0 bridgehead atoms. The maximum absolute atomic E-state index is 12.1. The van der Waals surface area contributed by atoms with Crippen molar-refractivity contribution in [3.63, 3.8) is 0 Å². The molecule has 0 amide bonds. The maximum Gasteiger partial charge on any atom is 0.338 e. The second-order valence-electron chi connectivity index (χ2n) is 6.79. The van der Waals surface area contributed by atoms with Crippen LogP contribution in [0.4, 0.5) is 0 Å². The van der Waals surface area contributed by atoms with Crippen molar-refractivity contribution < 1.29 is 33.7 Å². The summed E-state index contributed by atoms with van der Waals surface area (Å²) in [5.74, 6) is -0.484. The van der Waals surface area contributed by atoms with Crippen molar-refractivity contribution in [1.82, 2.24) is 0 Å². The SMILES string of the molecule is C=C(C)C(=O)Oc1ccc(C=CC(=O)CC(=O)C=Cc2ccc(O)c(OC)c2)cc1OC. The number of rotatable bonds is 10. The van der Waals surface area contributed by atoms with Gasteiger partial charge in [-0.2, -0.15) is 0 Å². The molecule has 0 saturated carbocycles. The summed E-state index contributed by atoms with van der Waals surface area (Å²) >= 11 is 0. The number of aromatic hydroxyl groups is 1. The van der Waals surface area contributed by atoms with Gasteiger partial charge in [-0.15, -0.1) is 0 Å². The van der Waals surface area contributed by atoms with Gasteiger partial charge in [0.2, 0.25) is 0 Å². The van der Waals surface area contributed by atoms with E-state index >= 15 is 0 Å². The van der Waals surface area contributed by atoms with Crippen molar-refractivity contribution in [3.8, 4) is 23.0 Å². The summed E-state index contributed by atoms with van der Waals surface area (Å²) in [5.41, 5.74) is 1.53. The number of hydrogen-bond acceptors (Lipinski definition) is 7. The molecule has 0 saturated heterocycles. The lowest BCUT2D eigenvalue weighted by Crippen LogP contribution is -2.09. The molecule has 0 atom stereocenters. The molecule has 166 valence electrons. The third-order valence-electron chi connectivity index (χ3n) is 4.21. The average Bonchev–Trinajstić information content (AvgIpc) is 2.77. The molecule has 0 aliphatic rings. The van der Waals surface area contributed by atoms with Gasteiger partial charge < -0.3 is 19.3 Å². The summed E-state index contributed by atoms with van der Waals surface area (Å²) in [6, 6.07) is 9.44. The Morgan fingerprint density at radius 2 is 1.41 bits per heavy atom. The topological polar surface area (TPSA) is 99.1 Å². The Bertz CT molecular complexity index is 1090. The van der Waals surface area contributed by atoms with Crippen molar-refractivity contribution in [1.29, 1.82) is 0 Å². The van der Waals surface area contributed by atoms with Crippen LogP contribution in [0.3, 0.4) is 0 Å². The van der Waals surface area contributed by atoms with Crippen LogP contribution in [0.15, 0.2) is 60.7 Å². The van der Waals surface area contributed by atoms with Gasteiger partial charge in [-0.05, 0) is 54.5 Å². The van der Waals surface area contributed by atoms with Gasteiger partial charge in [-0.3, -0.25) is 9.59 Å². The standard InChI is InChI=1S/C25H24O7/c1-16(2)25(29)32-22-12-8-18(14-24(22)31-4)6-10-20(27)15-19(26)9-5-17-7-11-21(28)23(13-17)30-3/h5-14,28H,1,15H2,2-4H3. The van der Waals surface area contributed by atoms with Gasteiger partial charge in [0.15, 0.2) is 34.6 Å². The first-order chi connectivity index (χ1) is 15.2. The second-order valence-corrected chi connectivity index (χ2v) is 6.79. The van der Waals surface area contributed by atoms with Crippen molar-refractivity contribution in [2.24, 2.45) is 0 Å². The van der Waals surface area contributed by atoms with Crippen LogP contribution >= 0.6 is 0 Å². The highest BCUT2D eigenvalue weighted by Gasteiger charge is 2.11. The molecule has 0 aliphatic heterocycles. The number of phenolic OH excluding ortho intramolecular Hbond substituents is 1. The van der Waals surface area contributed by atoms with E-state index < -0.39 is 5.97 Å². The first kappa shape index (κ1) is 24.1. The zero-order valence-electron chi connectivity index (χ0n) is 18.1. The summed E-state index contributed by atoms with van der Waals surface area (Å²) < 4.78 is 15.4. The molecule has 0 aromatic heterocycles. The number of benzene rings is 2. The van der Waals surface area contributed by atoms with Crippen molar-refractivity contribution in [2.45, 2.75) is 13.3 Å². The third-order valence-corrected chi connectivity index (χ3v) is 4.21. The molecule has 0 aliphatic carbocycles. The molecule has 7 nitrogen and oxygen atoms in total. The van der Waals surface area contributed by atoms with E-state index in [4.69, 9.17) is 14.2 Å². The summed E-state index contributed by atoms with van der Waals surface area (Å²) in [4.78, 5) is 35.9. The highest BCUT2D eigenvalue weighted by Crippen LogP contribution is 2.29. The largest absolute Gasteiger partial charge is 0.504 e. The molecule has 0 heterocycles. The van der Waals surface area contributed by atoms with Gasteiger partial charge in [0.25, 0.3) is 0 Å². The number of hydrogen-bond donors (Lipinski definition) is 1. The number of carbonyl (C=O) groups excluding carboxylic acids is 3. The van der Waals surface area contributed by atoms with E-state index in [-0.39, 0.29) is 40.8 Å². The number of allylic oxidation sites excluding steroid dienone is 2. The maximum atomic E-state index is 12.1. The zero-order valence-corrected chi connectivity index (χ0v) is 18.1. The van der Waals surface area contributed by atoms with Gasteiger partial charge >= 0.3 is 5.97 Å². The number of esters is 1. The molecule has 2 rings (SSSR count). The summed E-state index contributed by atoms with van der Waals surface area (Å²) in [6.07, 6.45) is 5.37. The normalized spacial score (nSPS) is 10.8. The molecule has 2 aromatic carbocycles. The molecule has 32 heavy (non-hydrogen) atoms. The van der Waals surface area contributed by atoms with Crippen LogP contribution in [0, 0.1) is 0 Å². The first-order valence-electron chi connectivity index (χ1n) is 9.58. The molecular formula is C25H24O7. The molecule has 7 heteroatoms. The number of ether oxygens (including phenoxy) is 3. The van der Waals surface area contributed by atoms with Crippen LogP contribution in [-0.2, 0) is 14.4 Å². The van der Waals surface area contributed by atoms with Crippen LogP contribution < -0.4 is 14.2 Å². The minimum atomic E-state index is -0.570. The van der Waals surface area contributed by atoms with Crippen molar-refractivity contribution >= 4 is 29.7 Å². The quantitative estimate of drug-likeness (QED) is 0.259. The lowest BCUT2D eigenvalue weighted by Gasteiger charge is -2.09. The van der Waals surface area contributed by atoms with Gasteiger partial charge in [-0.1, -0.05) is 30.9 Å². The minimum Gasteiger partial charge on any atom is -0.504 e. The Balaban J connectivity index is 1.99. The molecule has 0 radical (unpaired) electrons. The Morgan fingerprint density at radius 3 is 1.94 bits per heavy atom. The van der Waals surface area contributed by atoms with Crippen LogP contribution in [-0.4, -0.2) is 36.9 Å². The van der Waals surface area contributed by atoms with Crippen LogP contribution in [0.1, 0.15) is 24.5 Å². The Morgan fingerprint density at radius 1 is 0.875 bits per heavy atom. The van der Waals surface area contributed by atoms with E-state index in [9.17, 15) is 19.5 Å². The molecule has 1 N–H and O–H groups in total. The molecule has 0 fully saturated rings. The van der Waals surface area contributed by atoms with E-state index in [1.54, 1.807) is 30.3 Å². The van der Waals surface area contributed by atoms with Crippen LogP contribution in [0.2, 0.25) is 0 Å². The second kappa shape index (κ2) is 11.3. The Kier molecular flexibility index (Phi) is 8.53. The van der Waals surface area contributed by atoms with Gasteiger partial charge in [-0.25, -0.2) is 4.79 Å². The van der Waals surface area contributed by atoms with Gasteiger partial charge in [0, 0.05) is 5.57 Å². The number of phenols is 1. The average molecular weight is 436 g/mol. The van der Waals surface area contributed by atoms with E-state index in [1.165, 1.54) is 51.5 Å². The molecule has 2 aromatic rings. The lowest BCUT2D eigenvalue weighted by molar-refractivity contribution is -0.130. The number of carbonyl (C=O) groups is 3. The fourth-order valence-corrected chi connectivity index (χ4v) is 2.52. The van der Waals surface area contributed by atoms with E-state index in [0.717, 1.165) is 0 Å². The fourth-order valence-electron chi connectivity index (χ4n) is 2.52. The van der Waals surface area contributed by atoms with E-state index in [1.807, 2.05) is 0 Å². The predicted octanol–water partition coefficient (Wildman–Crippen LogP) is 4.15. The third kappa shape index (κ3) is 6.98.